The molecule has 0 spiro atoms. The highest BCUT2D eigenvalue weighted by Gasteiger charge is 2.31. The standard InChI is InChI=1S/C13H13BrF3N3O/c1-7-12(8(2)20-19-7)18-6-9-3-4-11(10(14)5-9)21-13(15,16)17/h3-5,18H,6H2,1-2H3,(H,19,20). The van der Waals surface area contributed by atoms with Crippen LogP contribution in [0, 0.1) is 13.8 Å². The van der Waals surface area contributed by atoms with E-state index in [1.54, 1.807) is 12.1 Å². The first-order valence-electron chi connectivity index (χ1n) is 6.06. The number of anilines is 1. The van der Waals surface area contributed by atoms with Crippen LogP contribution < -0.4 is 10.1 Å². The summed E-state index contributed by atoms with van der Waals surface area (Å²) in [5.41, 5.74) is 3.45. The lowest BCUT2D eigenvalue weighted by Crippen LogP contribution is -2.17. The first-order valence-corrected chi connectivity index (χ1v) is 6.85. The largest absolute Gasteiger partial charge is 0.573 e. The Bertz CT molecular complexity index is 621. The average Bonchev–Trinajstić information content (AvgIpc) is 2.68. The number of hydrogen-bond acceptors (Lipinski definition) is 3. The molecule has 2 N–H and O–H groups in total. The summed E-state index contributed by atoms with van der Waals surface area (Å²) >= 11 is 3.08. The number of nitrogens with zero attached hydrogens (tertiary/aromatic N) is 1. The van der Waals surface area contributed by atoms with E-state index in [1.165, 1.54) is 6.07 Å². The van der Waals surface area contributed by atoms with Crippen molar-refractivity contribution in [1.29, 1.82) is 0 Å². The first kappa shape index (κ1) is 15.7. The summed E-state index contributed by atoms with van der Waals surface area (Å²) in [4.78, 5) is 0. The zero-order valence-electron chi connectivity index (χ0n) is 11.3. The number of alkyl halides is 3. The number of aromatic nitrogens is 2. The molecule has 0 atom stereocenters. The third kappa shape index (κ3) is 4.13. The fourth-order valence-electron chi connectivity index (χ4n) is 1.86. The molecule has 114 valence electrons. The number of rotatable bonds is 4. The van der Waals surface area contributed by atoms with Crippen molar-refractivity contribution in [1.82, 2.24) is 10.2 Å². The number of aryl methyl sites for hydroxylation is 2. The number of H-pyrrole nitrogens is 1. The van der Waals surface area contributed by atoms with E-state index < -0.39 is 6.36 Å². The molecule has 0 aliphatic carbocycles. The van der Waals surface area contributed by atoms with Crippen molar-refractivity contribution in [3.8, 4) is 5.75 Å². The van der Waals surface area contributed by atoms with Crippen molar-refractivity contribution in [3.05, 3.63) is 39.6 Å². The highest BCUT2D eigenvalue weighted by Crippen LogP contribution is 2.31. The summed E-state index contributed by atoms with van der Waals surface area (Å²) in [6.07, 6.45) is -4.70. The molecular weight excluding hydrogens is 351 g/mol. The lowest BCUT2D eigenvalue weighted by molar-refractivity contribution is -0.274. The van der Waals surface area contributed by atoms with Gasteiger partial charge in [0.1, 0.15) is 5.75 Å². The molecular formula is C13H13BrF3N3O. The lowest BCUT2D eigenvalue weighted by Gasteiger charge is -2.12. The summed E-state index contributed by atoms with van der Waals surface area (Å²) < 4.78 is 40.7. The molecule has 1 aromatic heterocycles. The van der Waals surface area contributed by atoms with Crippen LogP contribution in [0.2, 0.25) is 0 Å². The van der Waals surface area contributed by atoms with Crippen LogP contribution in [0.4, 0.5) is 18.9 Å². The predicted molar refractivity (Wildman–Crippen MR) is 76.2 cm³/mol. The number of aromatic amines is 1. The van der Waals surface area contributed by atoms with Gasteiger partial charge in [-0.3, -0.25) is 5.10 Å². The van der Waals surface area contributed by atoms with Crippen molar-refractivity contribution in [2.45, 2.75) is 26.8 Å². The summed E-state index contributed by atoms with van der Waals surface area (Å²) in [5, 5.41) is 10.1. The SMILES string of the molecule is Cc1n[nH]c(C)c1NCc1ccc(OC(F)(F)F)c(Br)c1. The zero-order chi connectivity index (χ0) is 15.6. The number of hydrogen-bond donors (Lipinski definition) is 2. The van der Waals surface area contributed by atoms with E-state index in [9.17, 15) is 13.2 Å². The van der Waals surface area contributed by atoms with Gasteiger partial charge >= 0.3 is 6.36 Å². The number of halogens is 4. The highest BCUT2D eigenvalue weighted by atomic mass is 79.9. The van der Waals surface area contributed by atoms with Crippen LogP contribution in [0.25, 0.3) is 0 Å². The molecule has 0 amide bonds. The molecule has 8 heteroatoms. The third-order valence-corrected chi connectivity index (χ3v) is 3.44. The Morgan fingerprint density at radius 3 is 2.57 bits per heavy atom. The molecule has 21 heavy (non-hydrogen) atoms. The molecule has 0 aliphatic rings. The van der Waals surface area contributed by atoms with Gasteiger partial charge in [0.15, 0.2) is 0 Å². The Kier molecular flexibility index (Phi) is 4.46. The maximum Gasteiger partial charge on any atom is 0.573 e. The third-order valence-electron chi connectivity index (χ3n) is 2.82. The second-order valence-corrected chi connectivity index (χ2v) is 5.33. The minimum absolute atomic E-state index is 0.250. The highest BCUT2D eigenvalue weighted by molar-refractivity contribution is 9.10. The molecule has 0 radical (unpaired) electrons. The Morgan fingerprint density at radius 1 is 1.33 bits per heavy atom. The fraction of sp³-hybridized carbons (Fsp3) is 0.308. The van der Waals surface area contributed by atoms with E-state index in [0.29, 0.717) is 6.54 Å². The predicted octanol–water partition coefficient (Wildman–Crippen LogP) is 4.30. The van der Waals surface area contributed by atoms with Crippen molar-refractivity contribution in [2.75, 3.05) is 5.32 Å². The van der Waals surface area contributed by atoms with Gasteiger partial charge in [0.2, 0.25) is 0 Å². The molecule has 1 aromatic carbocycles. The van der Waals surface area contributed by atoms with Crippen molar-refractivity contribution >= 4 is 21.6 Å². The van der Waals surface area contributed by atoms with Gasteiger partial charge < -0.3 is 10.1 Å². The van der Waals surface area contributed by atoms with Gasteiger partial charge in [0, 0.05) is 6.54 Å². The Balaban J connectivity index is 2.07. The maximum absolute atomic E-state index is 12.2. The minimum Gasteiger partial charge on any atom is -0.405 e. The molecule has 0 unspecified atom stereocenters. The molecule has 2 rings (SSSR count). The van der Waals surface area contributed by atoms with E-state index in [1.807, 2.05) is 13.8 Å². The molecule has 4 nitrogen and oxygen atoms in total. The normalized spacial score (nSPS) is 11.5. The number of ether oxygens (including phenoxy) is 1. The second-order valence-electron chi connectivity index (χ2n) is 4.48. The van der Waals surface area contributed by atoms with Gasteiger partial charge in [0.25, 0.3) is 0 Å². The van der Waals surface area contributed by atoms with E-state index >= 15 is 0 Å². The second kappa shape index (κ2) is 5.97. The van der Waals surface area contributed by atoms with Gasteiger partial charge in [-0.1, -0.05) is 6.07 Å². The van der Waals surface area contributed by atoms with Crippen molar-refractivity contribution in [3.63, 3.8) is 0 Å². The summed E-state index contributed by atoms with van der Waals surface area (Å²) in [6.45, 7) is 4.21. The fourth-order valence-corrected chi connectivity index (χ4v) is 2.37. The van der Waals surface area contributed by atoms with Crippen molar-refractivity contribution in [2.24, 2.45) is 0 Å². The van der Waals surface area contributed by atoms with Crippen LogP contribution in [-0.4, -0.2) is 16.6 Å². The smallest absolute Gasteiger partial charge is 0.405 e. The molecule has 0 saturated heterocycles. The Labute approximate surface area is 127 Å². The van der Waals surface area contributed by atoms with Gasteiger partial charge in [-0.2, -0.15) is 5.10 Å². The van der Waals surface area contributed by atoms with Crippen LogP contribution in [0.15, 0.2) is 22.7 Å². The Morgan fingerprint density at radius 2 is 2.05 bits per heavy atom. The van der Waals surface area contributed by atoms with E-state index in [4.69, 9.17) is 0 Å². The maximum atomic E-state index is 12.2. The van der Waals surface area contributed by atoms with Gasteiger partial charge in [-0.05, 0) is 47.5 Å². The molecule has 2 aromatic rings. The van der Waals surface area contributed by atoms with Crippen molar-refractivity contribution < 1.29 is 17.9 Å². The minimum atomic E-state index is -4.70. The summed E-state index contributed by atoms with van der Waals surface area (Å²) in [7, 11) is 0. The monoisotopic (exact) mass is 363 g/mol. The molecule has 0 aliphatic heterocycles. The molecule has 0 fully saturated rings. The number of nitrogens with one attached hydrogen (secondary N) is 2. The summed E-state index contributed by atoms with van der Waals surface area (Å²) in [5.74, 6) is -0.262. The first-order chi connectivity index (χ1) is 9.76. The number of benzene rings is 1. The van der Waals surface area contributed by atoms with E-state index in [-0.39, 0.29) is 10.2 Å². The Hall–Kier alpha value is -1.70. The molecule has 1 heterocycles. The van der Waals surface area contributed by atoms with Gasteiger partial charge in [-0.25, -0.2) is 0 Å². The molecule has 0 bridgehead atoms. The quantitative estimate of drug-likeness (QED) is 0.851. The molecule has 0 saturated carbocycles. The van der Waals surface area contributed by atoms with E-state index in [2.05, 4.69) is 36.2 Å². The van der Waals surface area contributed by atoms with Crippen LogP contribution in [-0.2, 0) is 6.54 Å². The van der Waals surface area contributed by atoms with Crippen LogP contribution in [0.1, 0.15) is 17.0 Å². The lowest BCUT2D eigenvalue weighted by atomic mass is 10.2. The van der Waals surface area contributed by atoms with E-state index in [0.717, 1.165) is 22.6 Å². The topological polar surface area (TPSA) is 49.9 Å². The zero-order valence-corrected chi connectivity index (χ0v) is 12.9. The van der Waals surface area contributed by atoms with Gasteiger partial charge in [-0.15, -0.1) is 13.2 Å². The van der Waals surface area contributed by atoms with Crippen LogP contribution in [0.3, 0.4) is 0 Å². The van der Waals surface area contributed by atoms with Crippen LogP contribution >= 0.6 is 15.9 Å². The van der Waals surface area contributed by atoms with Crippen LogP contribution in [0.5, 0.6) is 5.75 Å². The average molecular weight is 364 g/mol. The summed E-state index contributed by atoms with van der Waals surface area (Å²) in [6, 6.07) is 4.44. The van der Waals surface area contributed by atoms with Gasteiger partial charge in [0.05, 0.1) is 21.5 Å².